The molecule has 0 spiro atoms. The predicted octanol–water partition coefficient (Wildman–Crippen LogP) is 5.50. The Labute approximate surface area is 302 Å². The number of aryl methyl sites for hydroxylation is 2. The van der Waals surface area contributed by atoms with E-state index in [9.17, 15) is 19.2 Å². The highest BCUT2D eigenvalue weighted by Crippen LogP contribution is 2.37. The number of aromatic nitrogens is 2. The van der Waals surface area contributed by atoms with Gasteiger partial charge in [0.15, 0.2) is 0 Å². The second-order valence-electron chi connectivity index (χ2n) is 13.6. The summed E-state index contributed by atoms with van der Waals surface area (Å²) in [5, 5.41) is 7.75. The number of halogens is 1. The average Bonchev–Trinajstić information content (AvgIpc) is 3.85. The Bertz CT molecular complexity index is 2040. The summed E-state index contributed by atoms with van der Waals surface area (Å²) in [6.07, 6.45) is 4.44. The number of benzene rings is 3. The van der Waals surface area contributed by atoms with Crippen molar-refractivity contribution >= 4 is 57.0 Å². The molecule has 2 fully saturated rings. The molecule has 51 heavy (non-hydrogen) atoms. The predicted molar refractivity (Wildman–Crippen MR) is 201 cm³/mol. The molecule has 2 aliphatic heterocycles. The Kier molecular flexibility index (Phi) is 11.1. The molecular formula is C40H45ClN6O4. The fourth-order valence-electron chi connectivity index (χ4n) is 7.42. The van der Waals surface area contributed by atoms with Crippen LogP contribution < -0.4 is 10.6 Å². The van der Waals surface area contributed by atoms with Gasteiger partial charge in [-0.2, -0.15) is 0 Å². The quantitative estimate of drug-likeness (QED) is 0.170. The molecule has 5 aromatic rings. The van der Waals surface area contributed by atoms with Gasteiger partial charge in [-0.05, 0) is 72.7 Å². The number of carbonyl (C=O) groups excluding carboxylic acids is 4. The van der Waals surface area contributed by atoms with Gasteiger partial charge in [0.2, 0.25) is 17.7 Å². The molecule has 2 saturated heterocycles. The average molecular weight is 709 g/mol. The number of fused-ring (bicyclic) bond motifs is 3. The summed E-state index contributed by atoms with van der Waals surface area (Å²) < 4.78 is 0. The van der Waals surface area contributed by atoms with Gasteiger partial charge in [0, 0.05) is 77.5 Å². The zero-order valence-corrected chi connectivity index (χ0v) is 30.1. The first kappa shape index (κ1) is 35.7. The third kappa shape index (κ3) is 8.28. The van der Waals surface area contributed by atoms with Crippen LogP contribution in [-0.4, -0.2) is 83.2 Å². The Balaban J connectivity index is 0.000000435. The Morgan fingerprint density at radius 1 is 0.902 bits per heavy atom. The Morgan fingerprint density at radius 2 is 1.69 bits per heavy atom. The minimum Gasteiger partial charge on any atom is -0.361 e. The number of hydrogen-bond acceptors (Lipinski definition) is 4. The third-order valence-electron chi connectivity index (χ3n) is 10.0. The summed E-state index contributed by atoms with van der Waals surface area (Å²) in [6, 6.07) is 23.7. The van der Waals surface area contributed by atoms with Crippen LogP contribution in [0.25, 0.3) is 21.8 Å². The van der Waals surface area contributed by atoms with Crippen molar-refractivity contribution in [3.63, 3.8) is 0 Å². The van der Waals surface area contributed by atoms with Gasteiger partial charge in [-0.1, -0.05) is 61.3 Å². The van der Waals surface area contributed by atoms with E-state index in [0.29, 0.717) is 30.2 Å². The van der Waals surface area contributed by atoms with E-state index < -0.39 is 5.92 Å². The molecule has 266 valence electrons. The Hall–Kier alpha value is -5.09. The SMILES string of the molecule is CCCc1ccccc1.CNC(=O)CNC(=O)C1CN(C(=O)Cc2c[nH]c3cc(Cl)ccc23)CC2CN(C(=O)c3ccc4[nH]c(C)cc4c3)CC21. The Morgan fingerprint density at radius 3 is 2.45 bits per heavy atom. The number of aromatic amines is 2. The van der Waals surface area contributed by atoms with Crippen molar-refractivity contribution in [2.45, 2.75) is 33.1 Å². The molecule has 3 atom stereocenters. The van der Waals surface area contributed by atoms with E-state index in [0.717, 1.165) is 33.1 Å². The van der Waals surface area contributed by atoms with Gasteiger partial charge in [-0.25, -0.2) is 0 Å². The molecule has 3 unspecified atom stereocenters. The lowest BCUT2D eigenvalue weighted by atomic mass is 9.79. The number of nitrogens with one attached hydrogen (secondary N) is 4. The van der Waals surface area contributed by atoms with Crippen LogP contribution in [0.15, 0.2) is 79.0 Å². The van der Waals surface area contributed by atoms with E-state index in [1.54, 1.807) is 15.9 Å². The lowest BCUT2D eigenvalue weighted by Gasteiger charge is -2.39. The first-order chi connectivity index (χ1) is 24.6. The summed E-state index contributed by atoms with van der Waals surface area (Å²) >= 11 is 6.12. The first-order valence-electron chi connectivity index (χ1n) is 17.6. The number of hydrogen-bond donors (Lipinski definition) is 4. The van der Waals surface area contributed by atoms with Crippen LogP contribution in [0, 0.1) is 24.7 Å². The van der Waals surface area contributed by atoms with Crippen LogP contribution in [0.5, 0.6) is 0 Å². The van der Waals surface area contributed by atoms with Crippen molar-refractivity contribution in [1.29, 1.82) is 0 Å². The van der Waals surface area contributed by atoms with Crippen molar-refractivity contribution in [1.82, 2.24) is 30.4 Å². The number of nitrogens with zero attached hydrogens (tertiary/aromatic N) is 2. The normalized spacial score (nSPS) is 18.2. The van der Waals surface area contributed by atoms with Gasteiger partial charge < -0.3 is 30.4 Å². The van der Waals surface area contributed by atoms with Gasteiger partial charge >= 0.3 is 0 Å². The second-order valence-corrected chi connectivity index (χ2v) is 14.0. The fraction of sp³-hybridized carbons (Fsp3) is 0.350. The molecule has 4 amide bonds. The minimum absolute atomic E-state index is 0.0672. The highest BCUT2D eigenvalue weighted by molar-refractivity contribution is 6.31. The zero-order valence-electron chi connectivity index (χ0n) is 29.3. The van der Waals surface area contributed by atoms with Gasteiger partial charge in [-0.15, -0.1) is 0 Å². The van der Waals surface area contributed by atoms with Crippen LogP contribution in [0.1, 0.15) is 40.5 Å². The van der Waals surface area contributed by atoms with Gasteiger partial charge in [0.25, 0.3) is 5.91 Å². The van der Waals surface area contributed by atoms with Crippen LogP contribution in [-0.2, 0) is 27.2 Å². The van der Waals surface area contributed by atoms with E-state index in [1.807, 2.05) is 49.5 Å². The van der Waals surface area contributed by atoms with Crippen LogP contribution in [0.2, 0.25) is 5.02 Å². The van der Waals surface area contributed by atoms with Crippen molar-refractivity contribution in [2.24, 2.45) is 17.8 Å². The molecule has 3 aromatic carbocycles. The molecular weight excluding hydrogens is 664 g/mol. The molecule has 2 aromatic heterocycles. The second kappa shape index (κ2) is 15.9. The van der Waals surface area contributed by atoms with E-state index >= 15 is 0 Å². The molecule has 4 heterocycles. The number of amides is 4. The van der Waals surface area contributed by atoms with E-state index in [4.69, 9.17) is 11.6 Å². The summed E-state index contributed by atoms with van der Waals surface area (Å²) in [7, 11) is 1.51. The fourth-order valence-corrected chi connectivity index (χ4v) is 7.59. The minimum atomic E-state index is -0.549. The monoisotopic (exact) mass is 708 g/mol. The molecule has 0 saturated carbocycles. The summed E-state index contributed by atoms with van der Waals surface area (Å²) in [6.45, 7) is 5.57. The molecule has 10 nitrogen and oxygen atoms in total. The van der Waals surface area contributed by atoms with Gasteiger partial charge in [0.1, 0.15) is 0 Å². The van der Waals surface area contributed by atoms with Crippen LogP contribution in [0.4, 0.5) is 0 Å². The molecule has 7 rings (SSSR count). The number of rotatable bonds is 8. The van der Waals surface area contributed by atoms with E-state index in [1.165, 1.54) is 25.5 Å². The zero-order chi connectivity index (χ0) is 36.1. The topological polar surface area (TPSA) is 130 Å². The number of likely N-dealkylation sites (N-methyl/N-ethyl adjacent to an activating group) is 1. The number of piperidine rings is 1. The lowest BCUT2D eigenvalue weighted by Crippen LogP contribution is -2.54. The summed E-state index contributed by atoms with van der Waals surface area (Å²) in [4.78, 5) is 62.5. The number of carbonyl (C=O) groups is 4. The van der Waals surface area contributed by atoms with Crippen molar-refractivity contribution in [3.8, 4) is 0 Å². The molecule has 11 heteroatoms. The number of likely N-dealkylation sites (tertiary alicyclic amines) is 2. The smallest absolute Gasteiger partial charge is 0.253 e. The van der Waals surface area contributed by atoms with Gasteiger partial charge in [-0.3, -0.25) is 19.2 Å². The summed E-state index contributed by atoms with van der Waals surface area (Å²) in [5.41, 5.74) is 5.74. The number of H-pyrrole nitrogens is 2. The first-order valence-corrected chi connectivity index (χ1v) is 18.0. The van der Waals surface area contributed by atoms with Crippen molar-refractivity contribution < 1.29 is 19.2 Å². The lowest BCUT2D eigenvalue weighted by molar-refractivity contribution is -0.139. The molecule has 0 aliphatic carbocycles. The molecule has 4 N–H and O–H groups in total. The van der Waals surface area contributed by atoms with Gasteiger partial charge in [0.05, 0.1) is 18.9 Å². The van der Waals surface area contributed by atoms with Crippen molar-refractivity contribution in [3.05, 3.63) is 106 Å². The standard InChI is InChI=1S/C31H33ClN6O4.C9H12/c1-17-7-19-8-18(3-6-26(19)36-17)31(42)38-14-21-13-37(16-25(24(21)15-38)30(41)35-12-28(39)33-2)29(40)9-20-11-34-27-10-22(32)4-5-23(20)27;1-2-6-9-7-4-3-5-8-9/h3-8,10-11,21,24-25,34,36H,9,12-16H2,1-2H3,(H,33,39)(H,35,41);3-5,7-8H,2,6H2,1H3. The highest BCUT2D eigenvalue weighted by Gasteiger charge is 2.47. The molecule has 2 aliphatic rings. The van der Waals surface area contributed by atoms with Crippen LogP contribution in [0.3, 0.4) is 0 Å². The maximum Gasteiger partial charge on any atom is 0.253 e. The maximum atomic E-state index is 13.6. The van der Waals surface area contributed by atoms with Crippen LogP contribution >= 0.6 is 11.6 Å². The molecule has 0 radical (unpaired) electrons. The highest BCUT2D eigenvalue weighted by atomic mass is 35.5. The van der Waals surface area contributed by atoms with Crippen molar-refractivity contribution in [2.75, 3.05) is 39.8 Å². The van der Waals surface area contributed by atoms with E-state index in [2.05, 4.69) is 57.9 Å². The third-order valence-corrected chi connectivity index (χ3v) is 10.2. The van der Waals surface area contributed by atoms with E-state index in [-0.39, 0.29) is 55.0 Å². The maximum absolute atomic E-state index is 13.6. The molecule has 0 bridgehead atoms. The largest absolute Gasteiger partial charge is 0.361 e. The summed E-state index contributed by atoms with van der Waals surface area (Å²) in [5.74, 6) is -1.52.